The van der Waals surface area contributed by atoms with Crippen LogP contribution in [0.5, 0.6) is 0 Å². The van der Waals surface area contributed by atoms with Gasteiger partial charge in [-0.05, 0) is 18.6 Å². The SMILES string of the molecule is CN(C)C(=O)CN1C(=O)C[C@@H]2[C@@H]1CCN2Cc1ccccn1.O=C(O)C(F)(F)F. The maximum Gasteiger partial charge on any atom is 0.490 e. The number of alkyl halides is 3. The van der Waals surface area contributed by atoms with Gasteiger partial charge in [0.15, 0.2) is 0 Å². The molecule has 0 radical (unpaired) electrons. The maximum atomic E-state index is 12.3. The molecular formula is C18H23F3N4O4. The van der Waals surface area contributed by atoms with Crippen LogP contribution in [0.25, 0.3) is 0 Å². The highest BCUT2D eigenvalue weighted by Gasteiger charge is 2.47. The molecule has 2 atom stereocenters. The number of carbonyl (C=O) groups excluding carboxylic acids is 2. The Hall–Kier alpha value is -2.69. The van der Waals surface area contributed by atoms with Crippen molar-refractivity contribution in [1.82, 2.24) is 19.7 Å². The molecule has 11 heteroatoms. The molecule has 1 aromatic heterocycles. The number of likely N-dealkylation sites (tertiary alicyclic amines) is 2. The van der Waals surface area contributed by atoms with Crippen LogP contribution in [0.2, 0.25) is 0 Å². The molecule has 3 heterocycles. The van der Waals surface area contributed by atoms with E-state index in [1.807, 2.05) is 18.2 Å². The van der Waals surface area contributed by atoms with Crippen molar-refractivity contribution in [3.63, 3.8) is 0 Å². The lowest BCUT2D eigenvalue weighted by Crippen LogP contribution is -2.43. The Kier molecular flexibility index (Phi) is 7.17. The van der Waals surface area contributed by atoms with E-state index in [9.17, 15) is 22.8 Å². The Morgan fingerprint density at radius 2 is 1.93 bits per heavy atom. The summed E-state index contributed by atoms with van der Waals surface area (Å²) in [7, 11) is 3.45. The molecule has 0 saturated carbocycles. The van der Waals surface area contributed by atoms with E-state index in [-0.39, 0.29) is 30.4 Å². The van der Waals surface area contributed by atoms with Crippen molar-refractivity contribution in [3.8, 4) is 0 Å². The van der Waals surface area contributed by atoms with Crippen molar-refractivity contribution in [2.45, 2.75) is 37.6 Å². The zero-order valence-electron chi connectivity index (χ0n) is 16.1. The summed E-state index contributed by atoms with van der Waals surface area (Å²) in [6.07, 6.45) is -1.84. The molecule has 29 heavy (non-hydrogen) atoms. The number of carbonyl (C=O) groups is 3. The summed E-state index contributed by atoms with van der Waals surface area (Å²) in [6, 6.07) is 6.28. The molecule has 3 rings (SSSR count). The van der Waals surface area contributed by atoms with Crippen LogP contribution < -0.4 is 0 Å². The Labute approximate surface area is 165 Å². The van der Waals surface area contributed by atoms with Gasteiger partial charge in [0.05, 0.1) is 5.69 Å². The third kappa shape index (κ3) is 5.89. The van der Waals surface area contributed by atoms with Crippen molar-refractivity contribution in [2.75, 3.05) is 27.2 Å². The van der Waals surface area contributed by atoms with E-state index in [2.05, 4.69) is 9.88 Å². The summed E-state index contributed by atoms with van der Waals surface area (Å²) < 4.78 is 31.7. The lowest BCUT2D eigenvalue weighted by atomic mass is 10.1. The number of rotatable bonds is 4. The fourth-order valence-corrected chi connectivity index (χ4v) is 3.40. The number of nitrogens with zero attached hydrogens (tertiary/aromatic N) is 4. The standard InChI is InChI=1S/C16H22N4O2.C2HF3O2/c1-18(2)16(22)11-20-13-6-8-19(14(13)9-15(20)21)10-12-5-3-4-7-17-12;3-2(4,5)1(6)7/h3-5,7,13-14H,6,8-11H2,1-2H3;(H,6,7)/t13-,14+;/m0./s1. The minimum Gasteiger partial charge on any atom is -0.475 e. The number of amides is 2. The number of carboxylic acid groups (broad SMARTS) is 1. The van der Waals surface area contributed by atoms with Gasteiger partial charge < -0.3 is 14.9 Å². The van der Waals surface area contributed by atoms with Crippen LogP contribution in [0.3, 0.4) is 0 Å². The molecule has 160 valence electrons. The zero-order valence-corrected chi connectivity index (χ0v) is 16.1. The molecule has 0 spiro atoms. The van der Waals surface area contributed by atoms with Gasteiger partial charge in [-0.25, -0.2) is 4.79 Å². The van der Waals surface area contributed by atoms with Gasteiger partial charge in [-0.15, -0.1) is 0 Å². The van der Waals surface area contributed by atoms with Crippen LogP contribution in [0.15, 0.2) is 24.4 Å². The van der Waals surface area contributed by atoms with Crippen LogP contribution in [-0.4, -0.2) is 88.0 Å². The van der Waals surface area contributed by atoms with Gasteiger partial charge >= 0.3 is 12.1 Å². The Bertz CT molecular complexity index is 742. The van der Waals surface area contributed by atoms with Crippen LogP contribution in [0, 0.1) is 0 Å². The van der Waals surface area contributed by atoms with Gasteiger partial charge in [-0.1, -0.05) is 6.07 Å². The molecule has 0 bridgehead atoms. The minimum atomic E-state index is -5.08. The van der Waals surface area contributed by atoms with Gasteiger partial charge in [0.1, 0.15) is 6.54 Å². The lowest BCUT2D eigenvalue weighted by molar-refractivity contribution is -0.192. The average molecular weight is 416 g/mol. The number of aromatic nitrogens is 1. The highest BCUT2D eigenvalue weighted by molar-refractivity contribution is 5.86. The van der Waals surface area contributed by atoms with Gasteiger partial charge in [0.25, 0.3) is 0 Å². The van der Waals surface area contributed by atoms with Gasteiger partial charge in [-0.2, -0.15) is 13.2 Å². The normalized spacial score (nSPS) is 21.4. The highest BCUT2D eigenvalue weighted by Crippen LogP contribution is 2.33. The first kappa shape index (κ1) is 22.6. The summed E-state index contributed by atoms with van der Waals surface area (Å²) in [5.74, 6) is -2.68. The number of pyridine rings is 1. The summed E-state index contributed by atoms with van der Waals surface area (Å²) in [6.45, 7) is 1.92. The summed E-state index contributed by atoms with van der Waals surface area (Å²) in [5, 5.41) is 7.12. The van der Waals surface area contributed by atoms with E-state index >= 15 is 0 Å². The topological polar surface area (TPSA) is 94.1 Å². The first-order valence-electron chi connectivity index (χ1n) is 8.94. The maximum absolute atomic E-state index is 12.3. The average Bonchev–Trinajstić information content (AvgIpc) is 3.15. The van der Waals surface area contributed by atoms with Crippen molar-refractivity contribution >= 4 is 17.8 Å². The molecule has 2 amide bonds. The first-order chi connectivity index (χ1) is 13.5. The second kappa shape index (κ2) is 9.21. The molecule has 0 aliphatic carbocycles. The Morgan fingerprint density at radius 3 is 2.45 bits per heavy atom. The van der Waals surface area contributed by atoms with Gasteiger partial charge in [0, 0.05) is 51.9 Å². The molecular weight excluding hydrogens is 393 g/mol. The summed E-state index contributed by atoms with van der Waals surface area (Å²) in [4.78, 5) is 43.1. The van der Waals surface area contributed by atoms with Gasteiger partial charge in [0.2, 0.25) is 11.8 Å². The predicted octanol–water partition coefficient (Wildman–Crippen LogP) is 0.978. The second-order valence-electron chi connectivity index (χ2n) is 7.03. The van der Waals surface area contributed by atoms with E-state index in [4.69, 9.17) is 9.90 Å². The van der Waals surface area contributed by atoms with E-state index < -0.39 is 12.1 Å². The van der Waals surface area contributed by atoms with Crippen molar-refractivity contribution in [3.05, 3.63) is 30.1 Å². The van der Waals surface area contributed by atoms with E-state index in [0.29, 0.717) is 6.42 Å². The third-order valence-corrected chi connectivity index (χ3v) is 4.87. The zero-order chi connectivity index (χ0) is 21.8. The van der Waals surface area contributed by atoms with E-state index in [1.54, 1.807) is 30.1 Å². The quantitative estimate of drug-likeness (QED) is 0.787. The highest BCUT2D eigenvalue weighted by atomic mass is 19.4. The monoisotopic (exact) mass is 416 g/mol. The molecule has 2 saturated heterocycles. The van der Waals surface area contributed by atoms with Crippen LogP contribution in [0.1, 0.15) is 18.5 Å². The van der Waals surface area contributed by atoms with Gasteiger partial charge in [-0.3, -0.25) is 19.5 Å². The lowest BCUT2D eigenvalue weighted by Gasteiger charge is -2.25. The van der Waals surface area contributed by atoms with Crippen LogP contribution >= 0.6 is 0 Å². The largest absolute Gasteiger partial charge is 0.490 e. The molecule has 2 fully saturated rings. The molecule has 1 aromatic rings. The predicted molar refractivity (Wildman–Crippen MR) is 95.6 cm³/mol. The van der Waals surface area contributed by atoms with E-state index in [0.717, 1.165) is 25.2 Å². The Balaban J connectivity index is 0.000000370. The van der Waals surface area contributed by atoms with Crippen molar-refractivity contribution in [2.24, 2.45) is 0 Å². The molecule has 2 aliphatic heterocycles. The second-order valence-corrected chi connectivity index (χ2v) is 7.03. The van der Waals surface area contributed by atoms with Crippen molar-refractivity contribution < 1.29 is 32.7 Å². The smallest absolute Gasteiger partial charge is 0.475 e. The molecule has 1 N–H and O–H groups in total. The fourth-order valence-electron chi connectivity index (χ4n) is 3.40. The number of likely N-dealkylation sites (N-methyl/N-ethyl adjacent to an activating group) is 1. The third-order valence-electron chi connectivity index (χ3n) is 4.87. The molecule has 0 aromatic carbocycles. The molecule has 8 nitrogen and oxygen atoms in total. The minimum absolute atomic E-state index is 0.0165. The van der Waals surface area contributed by atoms with Crippen LogP contribution in [0.4, 0.5) is 13.2 Å². The number of aliphatic carboxylic acids is 1. The number of carboxylic acids is 1. The van der Waals surface area contributed by atoms with E-state index in [1.165, 1.54) is 0 Å². The summed E-state index contributed by atoms with van der Waals surface area (Å²) >= 11 is 0. The fraction of sp³-hybridized carbons (Fsp3) is 0.556. The number of fused-ring (bicyclic) bond motifs is 1. The summed E-state index contributed by atoms with van der Waals surface area (Å²) in [5.41, 5.74) is 1.03. The molecule has 0 unspecified atom stereocenters. The Morgan fingerprint density at radius 1 is 1.28 bits per heavy atom. The molecule has 2 aliphatic rings. The van der Waals surface area contributed by atoms with Crippen molar-refractivity contribution in [1.29, 1.82) is 0 Å². The number of halogens is 3. The number of hydrogen-bond donors (Lipinski definition) is 1. The van der Waals surface area contributed by atoms with Crippen LogP contribution in [-0.2, 0) is 20.9 Å². The number of hydrogen-bond acceptors (Lipinski definition) is 5. The first-order valence-corrected chi connectivity index (χ1v) is 8.94.